The Morgan fingerprint density at radius 1 is 1.29 bits per heavy atom. The Morgan fingerprint density at radius 3 is 2.76 bits per heavy atom. The number of thioether (sulfide) groups is 1. The van der Waals surface area contributed by atoms with E-state index in [2.05, 4.69) is 18.3 Å². The third kappa shape index (κ3) is 2.87. The van der Waals surface area contributed by atoms with Crippen LogP contribution in [0.25, 0.3) is 0 Å². The van der Waals surface area contributed by atoms with Crippen LogP contribution in [0.4, 0.5) is 0 Å². The second-order valence-electron chi connectivity index (χ2n) is 4.18. The fraction of sp³-hybridized carbons (Fsp3) is 0.538. The van der Waals surface area contributed by atoms with Gasteiger partial charge in [-0.15, -0.1) is 11.8 Å². The van der Waals surface area contributed by atoms with E-state index < -0.39 is 0 Å². The van der Waals surface area contributed by atoms with Gasteiger partial charge in [0.05, 0.1) is 19.6 Å². The predicted octanol–water partition coefficient (Wildman–Crippen LogP) is 2.82. The van der Waals surface area contributed by atoms with Crippen LogP contribution < -0.4 is 14.8 Å². The lowest BCUT2D eigenvalue weighted by molar-refractivity contribution is 0.389. The van der Waals surface area contributed by atoms with Crippen molar-refractivity contribution in [1.29, 1.82) is 0 Å². The van der Waals surface area contributed by atoms with Crippen molar-refractivity contribution in [2.24, 2.45) is 0 Å². The third-order valence-electron chi connectivity index (χ3n) is 2.97. The topological polar surface area (TPSA) is 30.5 Å². The molecule has 1 fully saturated rings. The van der Waals surface area contributed by atoms with Crippen molar-refractivity contribution in [2.45, 2.75) is 24.0 Å². The van der Waals surface area contributed by atoms with Crippen LogP contribution in [0, 0.1) is 0 Å². The lowest BCUT2D eigenvalue weighted by atomic mass is 10.1. The van der Waals surface area contributed by atoms with Gasteiger partial charge in [0.15, 0.2) is 0 Å². The minimum Gasteiger partial charge on any atom is -0.497 e. The molecule has 1 aromatic carbocycles. The van der Waals surface area contributed by atoms with Crippen LogP contribution in [0.1, 0.15) is 24.3 Å². The molecule has 0 spiro atoms. The van der Waals surface area contributed by atoms with E-state index in [9.17, 15) is 0 Å². The first-order valence-electron chi connectivity index (χ1n) is 5.85. The molecular formula is C13H19NO2S. The lowest BCUT2D eigenvalue weighted by Crippen LogP contribution is -2.29. The fourth-order valence-corrected chi connectivity index (χ4v) is 3.26. The zero-order chi connectivity index (χ0) is 12.3. The van der Waals surface area contributed by atoms with Crippen molar-refractivity contribution < 1.29 is 9.47 Å². The second-order valence-corrected chi connectivity index (χ2v) is 5.73. The van der Waals surface area contributed by atoms with E-state index in [1.807, 2.05) is 23.9 Å². The Labute approximate surface area is 107 Å². The van der Waals surface area contributed by atoms with Gasteiger partial charge in [-0.2, -0.15) is 0 Å². The molecule has 2 rings (SSSR count). The van der Waals surface area contributed by atoms with Gasteiger partial charge in [-0.1, -0.05) is 6.92 Å². The van der Waals surface area contributed by atoms with E-state index in [4.69, 9.17) is 9.47 Å². The molecule has 0 saturated carbocycles. The normalized spacial score (nSPS) is 24.4. The van der Waals surface area contributed by atoms with Gasteiger partial charge in [0, 0.05) is 16.9 Å². The number of hydrogen-bond acceptors (Lipinski definition) is 4. The maximum atomic E-state index is 5.44. The highest BCUT2D eigenvalue weighted by Gasteiger charge is 2.23. The molecule has 2 unspecified atom stereocenters. The highest BCUT2D eigenvalue weighted by atomic mass is 32.2. The van der Waals surface area contributed by atoms with Crippen LogP contribution in [0.3, 0.4) is 0 Å². The van der Waals surface area contributed by atoms with Gasteiger partial charge in [0.1, 0.15) is 11.5 Å². The first-order chi connectivity index (χ1) is 8.24. The van der Waals surface area contributed by atoms with Crippen LogP contribution in [-0.4, -0.2) is 26.0 Å². The van der Waals surface area contributed by atoms with Crippen LogP contribution >= 0.6 is 11.8 Å². The molecule has 1 N–H and O–H groups in total. The fourth-order valence-electron chi connectivity index (χ4n) is 1.98. The molecule has 0 radical (unpaired) electrons. The second kappa shape index (κ2) is 5.65. The number of rotatable bonds is 3. The van der Waals surface area contributed by atoms with Crippen molar-refractivity contribution in [2.75, 3.05) is 20.8 Å². The van der Waals surface area contributed by atoms with Gasteiger partial charge in [-0.05, 0) is 25.1 Å². The summed E-state index contributed by atoms with van der Waals surface area (Å²) in [6.45, 7) is 3.34. The maximum Gasteiger partial charge on any atom is 0.128 e. The largest absolute Gasteiger partial charge is 0.497 e. The third-order valence-corrected chi connectivity index (χ3v) is 4.37. The molecule has 1 heterocycles. The van der Waals surface area contributed by atoms with Crippen molar-refractivity contribution >= 4 is 11.8 Å². The molecule has 0 amide bonds. The summed E-state index contributed by atoms with van der Waals surface area (Å²) in [6, 6.07) is 6.01. The van der Waals surface area contributed by atoms with E-state index in [0.29, 0.717) is 10.6 Å². The van der Waals surface area contributed by atoms with Crippen molar-refractivity contribution in [3.63, 3.8) is 0 Å². The molecular weight excluding hydrogens is 234 g/mol. The SMILES string of the molecule is COc1ccc(C2NCCC(C)S2)c(OC)c1. The average molecular weight is 253 g/mol. The first kappa shape index (κ1) is 12.6. The molecule has 4 heteroatoms. The monoisotopic (exact) mass is 253 g/mol. The molecule has 94 valence electrons. The lowest BCUT2D eigenvalue weighted by Gasteiger charge is -2.29. The molecule has 3 nitrogen and oxygen atoms in total. The highest BCUT2D eigenvalue weighted by Crippen LogP contribution is 2.39. The highest BCUT2D eigenvalue weighted by molar-refractivity contribution is 8.00. The zero-order valence-corrected chi connectivity index (χ0v) is 11.3. The molecule has 0 aliphatic carbocycles. The summed E-state index contributed by atoms with van der Waals surface area (Å²) in [7, 11) is 3.37. The molecule has 1 aromatic rings. The Balaban J connectivity index is 2.24. The molecule has 0 bridgehead atoms. The summed E-state index contributed by atoms with van der Waals surface area (Å²) in [5.74, 6) is 1.72. The number of hydrogen-bond donors (Lipinski definition) is 1. The van der Waals surface area contributed by atoms with Crippen LogP contribution in [0.15, 0.2) is 18.2 Å². The number of ether oxygens (including phenoxy) is 2. The number of benzene rings is 1. The summed E-state index contributed by atoms with van der Waals surface area (Å²) < 4.78 is 10.7. The summed E-state index contributed by atoms with van der Waals surface area (Å²) >= 11 is 1.95. The van der Waals surface area contributed by atoms with E-state index in [1.54, 1.807) is 14.2 Å². The zero-order valence-electron chi connectivity index (χ0n) is 10.5. The smallest absolute Gasteiger partial charge is 0.128 e. The molecule has 17 heavy (non-hydrogen) atoms. The molecule has 0 aromatic heterocycles. The van der Waals surface area contributed by atoms with Gasteiger partial charge in [-0.25, -0.2) is 0 Å². The predicted molar refractivity (Wildman–Crippen MR) is 72.0 cm³/mol. The molecule has 1 aliphatic rings. The van der Waals surface area contributed by atoms with Crippen molar-refractivity contribution in [3.05, 3.63) is 23.8 Å². The number of methoxy groups -OCH3 is 2. The Bertz CT molecular complexity index is 384. The van der Waals surface area contributed by atoms with Gasteiger partial charge in [-0.3, -0.25) is 0 Å². The quantitative estimate of drug-likeness (QED) is 0.897. The van der Waals surface area contributed by atoms with Gasteiger partial charge < -0.3 is 14.8 Å². The van der Waals surface area contributed by atoms with E-state index in [-0.39, 0.29) is 0 Å². The minimum atomic E-state index is 0.319. The van der Waals surface area contributed by atoms with Crippen LogP contribution in [-0.2, 0) is 0 Å². The summed E-state index contributed by atoms with van der Waals surface area (Å²) in [5.41, 5.74) is 1.20. The van der Waals surface area contributed by atoms with E-state index in [0.717, 1.165) is 18.0 Å². The Kier molecular flexibility index (Phi) is 4.18. The average Bonchev–Trinajstić information content (AvgIpc) is 2.38. The van der Waals surface area contributed by atoms with Crippen molar-refractivity contribution in [3.8, 4) is 11.5 Å². The van der Waals surface area contributed by atoms with E-state index in [1.165, 1.54) is 12.0 Å². The van der Waals surface area contributed by atoms with E-state index >= 15 is 0 Å². The van der Waals surface area contributed by atoms with Crippen LogP contribution in [0.2, 0.25) is 0 Å². The standard InChI is InChI=1S/C13H19NO2S/c1-9-6-7-14-13(17-9)11-5-4-10(15-2)8-12(11)16-3/h4-5,8-9,13-14H,6-7H2,1-3H3. The van der Waals surface area contributed by atoms with Gasteiger partial charge in [0.2, 0.25) is 0 Å². The van der Waals surface area contributed by atoms with Gasteiger partial charge >= 0.3 is 0 Å². The summed E-state index contributed by atoms with van der Waals surface area (Å²) in [5, 5.41) is 4.53. The summed E-state index contributed by atoms with van der Waals surface area (Å²) in [6.07, 6.45) is 1.22. The maximum absolute atomic E-state index is 5.44. The van der Waals surface area contributed by atoms with Crippen molar-refractivity contribution in [1.82, 2.24) is 5.32 Å². The minimum absolute atomic E-state index is 0.319. The van der Waals surface area contributed by atoms with Gasteiger partial charge in [0.25, 0.3) is 0 Å². The Morgan fingerprint density at radius 2 is 2.12 bits per heavy atom. The molecule has 1 saturated heterocycles. The first-order valence-corrected chi connectivity index (χ1v) is 6.79. The number of nitrogens with one attached hydrogen (secondary N) is 1. The van der Waals surface area contributed by atoms with Crippen LogP contribution in [0.5, 0.6) is 11.5 Å². The molecule has 2 atom stereocenters. The molecule has 1 aliphatic heterocycles. The summed E-state index contributed by atoms with van der Waals surface area (Å²) in [4.78, 5) is 0. The Hall–Kier alpha value is -0.870.